The molecule has 18 heavy (non-hydrogen) atoms. The number of carbonyl (C=O) groups excluding carboxylic acids is 1. The molecule has 1 amide bonds. The number of nitrogens with two attached hydrogens (primary N) is 1. The van der Waals surface area contributed by atoms with Crippen molar-refractivity contribution in [2.75, 3.05) is 11.9 Å². The van der Waals surface area contributed by atoms with Crippen LogP contribution in [0.1, 0.15) is 11.3 Å². The lowest BCUT2D eigenvalue weighted by molar-refractivity contribution is -0.114. The normalized spacial score (nSPS) is 10.3. The molecule has 94 valence electrons. The van der Waals surface area contributed by atoms with Gasteiger partial charge in [-0.3, -0.25) is 4.79 Å². The maximum Gasteiger partial charge on any atom is 0.239 e. The van der Waals surface area contributed by atoms with Gasteiger partial charge in [-0.25, -0.2) is 4.98 Å². The molecule has 1 aromatic heterocycles. The number of phenols is 1. The Morgan fingerprint density at radius 2 is 2.33 bits per heavy atom. The molecule has 0 unspecified atom stereocenters. The first kappa shape index (κ1) is 12.5. The second-order valence-corrected chi connectivity index (χ2v) is 4.60. The van der Waals surface area contributed by atoms with Crippen molar-refractivity contribution >= 4 is 22.4 Å². The summed E-state index contributed by atoms with van der Waals surface area (Å²) in [5, 5.41) is 14.4. The van der Waals surface area contributed by atoms with Crippen LogP contribution in [0, 0.1) is 0 Å². The van der Waals surface area contributed by atoms with Gasteiger partial charge in [0.05, 0.1) is 12.2 Å². The molecule has 0 aliphatic heterocycles. The van der Waals surface area contributed by atoms with Gasteiger partial charge in [-0.05, 0) is 17.7 Å². The Morgan fingerprint density at radius 1 is 1.50 bits per heavy atom. The fourth-order valence-corrected chi connectivity index (χ4v) is 2.22. The highest BCUT2D eigenvalue weighted by molar-refractivity contribution is 7.13. The van der Waals surface area contributed by atoms with Gasteiger partial charge in [0, 0.05) is 11.8 Å². The second kappa shape index (κ2) is 5.61. The van der Waals surface area contributed by atoms with Gasteiger partial charge in [0.2, 0.25) is 5.91 Å². The third kappa shape index (κ3) is 3.28. The van der Waals surface area contributed by atoms with Gasteiger partial charge in [0.1, 0.15) is 5.75 Å². The predicted molar refractivity (Wildman–Crippen MR) is 70.7 cm³/mol. The number of phenolic OH excluding ortho intramolecular Hbond substituents is 1. The van der Waals surface area contributed by atoms with Gasteiger partial charge in [0.15, 0.2) is 5.13 Å². The summed E-state index contributed by atoms with van der Waals surface area (Å²) in [6.07, 6.45) is 0.614. The third-order valence-electron chi connectivity index (χ3n) is 2.28. The van der Waals surface area contributed by atoms with Crippen molar-refractivity contribution in [2.24, 2.45) is 5.73 Å². The summed E-state index contributed by atoms with van der Waals surface area (Å²) in [5.74, 6) is -0.0207. The van der Waals surface area contributed by atoms with Crippen LogP contribution in [0.15, 0.2) is 29.6 Å². The van der Waals surface area contributed by atoms with E-state index >= 15 is 0 Å². The van der Waals surface area contributed by atoms with E-state index in [0.29, 0.717) is 11.6 Å². The zero-order valence-electron chi connectivity index (χ0n) is 9.59. The number of rotatable bonds is 4. The molecule has 1 aromatic carbocycles. The molecule has 6 heteroatoms. The van der Waals surface area contributed by atoms with Crippen molar-refractivity contribution in [3.63, 3.8) is 0 Å². The number of nitrogens with one attached hydrogen (secondary N) is 1. The molecule has 0 aliphatic rings. The average molecular weight is 263 g/mol. The summed E-state index contributed by atoms with van der Waals surface area (Å²) in [4.78, 5) is 15.4. The highest BCUT2D eigenvalue weighted by Gasteiger charge is 2.06. The molecule has 0 fully saturated rings. The fraction of sp³-hybridized carbons (Fsp3) is 0.167. The number of nitrogens with zero attached hydrogens (tertiary/aromatic N) is 1. The number of anilines is 1. The van der Waals surface area contributed by atoms with Crippen LogP contribution in [0.3, 0.4) is 0 Å². The molecule has 0 saturated carbocycles. The zero-order chi connectivity index (χ0) is 13.0. The van der Waals surface area contributed by atoms with Crippen LogP contribution >= 0.6 is 11.3 Å². The number of thiazole rings is 1. The molecule has 4 N–H and O–H groups in total. The molecule has 0 aliphatic carbocycles. The summed E-state index contributed by atoms with van der Waals surface area (Å²) >= 11 is 1.36. The van der Waals surface area contributed by atoms with Gasteiger partial charge in [-0.15, -0.1) is 11.3 Å². The largest absolute Gasteiger partial charge is 0.508 e. The van der Waals surface area contributed by atoms with E-state index < -0.39 is 0 Å². The fourth-order valence-electron chi connectivity index (χ4n) is 1.49. The highest BCUT2D eigenvalue weighted by Crippen LogP contribution is 2.19. The SMILES string of the molecule is NCC(=O)Nc1nc(Cc2cccc(O)c2)cs1. The van der Waals surface area contributed by atoms with Crippen molar-refractivity contribution < 1.29 is 9.90 Å². The summed E-state index contributed by atoms with van der Waals surface area (Å²) in [5.41, 5.74) is 7.02. The molecular formula is C12H13N3O2S. The number of benzene rings is 1. The van der Waals surface area contributed by atoms with Crippen molar-refractivity contribution in [1.82, 2.24) is 4.98 Å². The van der Waals surface area contributed by atoms with Crippen LogP contribution in [0.2, 0.25) is 0 Å². The number of aromatic nitrogens is 1. The minimum absolute atomic E-state index is 0.0541. The lowest BCUT2D eigenvalue weighted by atomic mass is 10.1. The molecule has 2 aromatic rings. The average Bonchev–Trinajstić information content (AvgIpc) is 2.76. The maximum absolute atomic E-state index is 11.1. The van der Waals surface area contributed by atoms with Gasteiger partial charge < -0.3 is 16.2 Å². The van der Waals surface area contributed by atoms with Gasteiger partial charge in [-0.1, -0.05) is 12.1 Å². The number of aromatic hydroxyl groups is 1. The third-order valence-corrected chi connectivity index (χ3v) is 3.09. The molecule has 1 heterocycles. The van der Waals surface area contributed by atoms with Crippen LogP contribution in [0.4, 0.5) is 5.13 Å². The number of amides is 1. The lowest BCUT2D eigenvalue weighted by Gasteiger charge is -1.99. The van der Waals surface area contributed by atoms with Crippen LogP contribution in [-0.2, 0) is 11.2 Å². The quantitative estimate of drug-likeness (QED) is 0.776. The van der Waals surface area contributed by atoms with E-state index in [1.807, 2.05) is 11.4 Å². The smallest absolute Gasteiger partial charge is 0.239 e. The minimum Gasteiger partial charge on any atom is -0.508 e. The van der Waals surface area contributed by atoms with E-state index in [1.165, 1.54) is 11.3 Å². The zero-order valence-corrected chi connectivity index (χ0v) is 10.4. The Kier molecular flexibility index (Phi) is 3.91. The Balaban J connectivity index is 2.04. The Labute approximate surface area is 108 Å². The molecule has 2 rings (SSSR count). The summed E-state index contributed by atoms with van der Waals surface area (Å²) in [6.45, 7) is -0.0541. The van der Waals surface area contributed by atoms with E-state index in [-0.39, 0.29) is 18.2 Å². The highest BCUT2D eigenvalue weighted by atomic mass is 32.1. The molecule has 0 radical (unpaired) electrons. The standard InChI is InChI=1S/C12H13N3O2S/c13-6-11(17)15-12-14-9(7-18-12)4-8-2-1-3-10(16)5-8/h1-3,5,7,16H,4,6,13H2,(H,14,15,17). The van der Waals surface area contributed by atoms with Crippen LogP contribution in [0.5, 0.6) is 5.75 Å². The minimum atomic E-state index is -0.256. The Hall–Kier alpha value is -1.92. The van der Waals surface area contributed by atoms with E-state index in [1.54, 1.807) is 18.2 Å². The Morgan fingerprint density at radius 3 is 3.06 bits per heavy atom. The van der Waals surface area contributed by atoms with Crippen molar-refractivity contribution in [2.45, 2.75) is 6.42 Å². The number of hydrogen-bond acceptors (Lipinski definition) is 5. The molecule has 0 atom stereocenters. The molecule has 0 spiro atoms. The lowest BCUT2D eigenvalue weighted by Crippen LogP contribution is -2.21. The van der Waals surface area contributed by atoms with Gasteiger partial charge in [0.25, 0.3) is 0 Å². The summed E-state index contributed by atoms with van der Waals surface area (Å²) in [6, 6.07) is 7.01. The molecule has 0 saturated heterocycles. The van der Waals surface area contributed by atoms with Crippen LogP contribution in [-0.4, -0.2) is 22.5 Å². The first-order valence-corrected chi connectivity index (χ1v) is 6.27. The maximum atomic E-state index is 11.1. The monoisotopic (exact) mass is 263 g/mol. The van der Waals surface area contributed by atoms with Crippen molar-refractivity contribution in [1.29, 1.82) is 0 Å². The second-order valence-electron chi connectivity index (χ2n) is 3.74. The predicted octanol–water partition coefficient (Wildman–Crippen LogP) is 1.34. The van der Waals surface area contributed by atoms with E-state index in [4.69, 9.17) is 5.73 Å². The van der Waals surface area contributed by atoms with Crippen LogP contribution < -0.4 is 11.1 Å². The van der Waals surface area contributed by atoms with E-state index in [9.17, 15) is 9.90 Å². The van der Waals surface area contributed by atoms with Crippen molar-refractivity contribution in [3.8, 4) is 5.75 Å². The van der Waals surface area contributed by atoms with Crippen LogP contribution in [0.25, 0.3) is 0 Å². The van der Waals surface area contributed by atoms with Crippen molar-refractivity contribution in [3.05, 3.63) is 40.9 Å². The molecule has 0 bridgehead atoms. The topological polar surface area (TPSA) is 88.2 Å². The Bertz CT molecular complexity index is 554. The summed E-state index contributed by atoms with van der Waals surface area (Å²) in [7, 11) is 0. The first-order chi connectivity index (χ1) is 8.67. The van der Waals surface area contributed by atoms with E-state index in [0.717, 1.165) is 11.3 Å². The van der Waals surface area contributed by atoms with Gasteiger partial charge >= 0.3 is 0 Å². The van der Waals surface area contributed by atoms with E-state index in [2.05, 4.69) is 10.3 Å². The van der Waals surface area contributed by atoms with Gasteiger partial charge in [-0.2, -0.15) is 0 Å². The molecule has 5 nitrogen and oxygen atoms in total. The number of hydrogen-bond donors (Lipinski definition) is 3. The first-order valence-electron chi connectivity index (χ1n) is 5.39. The summed E-state index contributed by atoms with van der Waals surface area (Å²) < 4.78 is 0. The molecular weight excluding hydrogens is 250 g/mol. The number of carbonyl (C=O) groups is 1.